The first-order valence-corrected chi connectivity index (χ1v) is 7.81. The van der Waals surface area contributed by atoms with Gasteiger partial charge in [-0.3, -0.25) is 4.79 Å². The summed E-state index contributed by atoms with van der Waals surface area (Å²) >= 11 is 3.38. The molecule has 0 aromatic heterocycles. The van der Waals surface area contributed by atoms with Crippen LogP contribution < -0.4 is 14.4 Å². The number of halogens is 1. The van der Waals surface area contributed by atoms with Gasteiger partial charge in [0, 0.05) is 18.3 Å². The van der Waals surface area contributed by atoms with Gasteiger partial charge >= 0.3 is 0 Å². The quantitative estimate of drug-likeness (QED) is 0.764. The van der Waals surface area contributed by atoms with Crippen LogP contribution >= 0.6 is 15.9 Å². The van der Waals surface area contributed by atoms with E-state index in [9.17, 15) is 4.79 Å². The molecular weight excluding hydrogens is 336 g/mol. The van der Waals surface area contributed by atoms with E-state index in [1.807, 2.05) is 13.0 Å². The first-order valence-electron chi connectivity index (χ1n) is 6.89. The lowest BCUT2D eigenvalue weighted by Crippen LogP contribution is -2.37. The Morgan fingerprint density at radius 2 is 2.14 bits per heavy atom. The molecule has 1 amide bonds. The molecule has 1 aromatic carbocycles. The summed E-state index contributed by atoms with van der Waals surface area (Å²) in [4.78, 5) is 13.8. The molecule has 112 valence electrons. The second-order valence-corrected chi connectivity index (χ2v) is 5.71. The maximum absolute atomic E-state index is 12.4. The molecular formula is C15H17BrN2O3. The van der Waals surface area contributed by atoms with Crippen molar-refractivity contribution in [3.8, 4) is 17.6 Å². The van der Waals surface area contributed by atoms with Crippen molar-refractivity contribution in [1.82, 2.24) is 0 Å². The number of nitrogens with zero attached hydrogens (tertiary/aromatic N) is 2. The van der Waals surface area contributed by atoms with Crippen molar-refractivity contribution in [2.45, 2.75) is 24.6 Å². The van der Waals surface area contributed by atoms with E-state index in [1.165, 1.54) is 0 Å². The Labute approximate surface area is 132 Å². The lowest BCUT2D eigenvalue weighted by molar-refractivity contribution is -0.118. The van der Waals surface area contributed by atoms with Crippen LogP contribution in [0.2, 0.25) is 0 Å². The molecule has 1 heterocycles. The Bertz CT molecular complexity index is 556. The van der Waals surface area contributed by atoms with Crippen LogP contribution in [0.1, 0.15) is 19.8 Å². The molecule has 0 spiro atoms. The summed E-state index contributed by atoms with van der Waals surface area (Å²) < 4.78 is 11.0. The van der Waals surface area contributed by atoms with Crippen molar-refractivity contribution in [3.63, 3.8) is 0 Å². The third-order valence-electron chi connectivity index (χ3n) is 3.18. The van der Waals surface area contributed by atoms with E-state index in [0.29, 0.717) is 37.7 Å². The zero-order valence-electron chi connectivity index (χ0n) is 11.8. The molecule has 0 radical (unpaired) electrons. The minimum absolute atomic E-state index is 0.0515. The summed E-state index contributed by atoms with van der Waals surface area (Å²) in [6.45, 7) is 3.32. The minimum atomic E-state index is -0.260. The topological polar surface area (TPSA) is 62.6 Å². The van der Waals surface area contributed by atoms with Crippen LogP contribution in [0.5, 0.6) is 11.5 Å². The van der Waals surface area contributed by atoms with Crippen molar-refractivity contribution in [1.29, 1.82) is 5.26 Å². The molecule has 1 atom stereocenters. The standard InChI is InChI=1S/C15H17BrN2O3/c1-2-12(16)15(19)18(7-3-6-17)11-4-5-13-14(10-11)21-9-8-20-13/h4-5,10,12H,2-3,7-9H2,1H3. The predicted molar refractivity (Wildman–Crippen MR) is 83.0 cm³/mol. The third-order valence-corrected chi connectivity index (χ3v) is 4.22. The van der Waals surface area contributed by atoms with Crippen molar-refractivity contribution in [3.05, 3.63) is 18.2 Å². The van der Waals surface area contributed by atoms with E-state index in [-0.39, 0.29) is 17.2 Å². The molecule has 2 rings (SSSR count). The van der Waals surface area contributed by atoms with Gasteiger partial charge in [-0.25, -0.2) is 0 Å². The number of hydrogen-bond donors (Lipinski definition) is 0. The number of carbonyl (C=O) groups is 1. The van der Waals surface area contributed by atoms with Gasteiger partial charge in [0.15, 0.2) is 11.5 Å². The number of benzene rings is 1. The summed E-state index contributed by atoms with van der Waals surface area (Å²) in [6.07, 6.45) is 0.968. The van der Waals surface area contributed by atoms with Crippen LogP contribution in [0.25, 0.3) is 0 Å². The molecule has 0 saturated carbocycles. The fourth-order valence-corrected chi connectivity index (χ4v) is 2.32. The Balaban J connectivity index is 2.27. The molecule has 21 heavy (non-hydrogen) atoms. The molecule has 6 heteroatoms. The molecule has 0 aliphatic carbocycles. The smallest absolute Gasteiger partial charge is 0.240 e. The first-order chi connectivity index (χ1) is 10.2. The number of rotatable bonds is 5. The Morgan fingerprint density at radius 3 is 2.81 bits per heavy atom. The molecule has 0 N–H and O–H groups in total. The predicted octanol–water partition coefficient (Wildman–Crippen LogP) is 2.88. The van der Waals surface area contributed by atoms with Crippen LogP contribution in [0.15, 0.2) is 18.2 Å². The average molecular weight is 353 g/mol. The van der Waals surface area contributed by atoms with Gasteiger partial charge in [0.2, 0.25) is 5.91 Å². The van der Waals surface area contributed by atoms with Gasteiger partial charge in [0.25, 0.3) is 0 Å². The van der Waals surface area contributed by atoms with Crippen LogP contribution in [-0.4, -0.2) is 30.5 Å². The van der Waals surface area contributed by atoms with E-state index in [0.717, 1.165) is 5.69 Å². The minimum Gasteiger partial charge on any atom is -0.486 e. The summed E-state index contributed by atoms with van der Waals surface area (Å²) in [7, 11) is 0. The number of hydrogen-bond acceptors (Lipinski definition) is 4. The van der Waals surface area contributed by atoms with E-state index >= 15 is 0 Å². The van der Waals surface area contributed by atoms with Crippen LogP contribution in [-0.2, 0) is 4.79 Å². The number of alkyl halides is 1. The van der Waals surface area contributed by atoms with Crippen molar-refractivity contribution in [2.24, 2.45) is 0 Å². The second kappa shape index (κ2) is 7.32. The van der Waals surface area contributed by atoms with Crippen LogP contribution in [0.4, 0.5) is 5.69 Å². The maximum atomic E-state index is 12.4. The molecule has 0 saturated heterocycles. The molecule has 1 unspecified atom stereocenters. The van der Waals surface area contributed by atoms with Crippen LogP contribution in [0, 0.1) is 11.3 Å². The number of anilines is 1. The van der Waals surface area contributed by atoms with Gasteiger partial charge in [0.05, 0.1) is 17.3 Å². The first kappa shape index (κ1) is 15.6. The molecule has 1 aliphatic rings. The highest BCUT2D eigenvalue weighted by Gasteiger charge is 2.23. The molecule has 0 fully saturated rings. The average Bonchev–Trinajstić information content (AvgIpc) is 2.54. The number of amides is 1. The Morgan fingerprint density at radius 1 is 1.43 bits per heavy atom. The fraction of sp³-hybridized carbons (Fsp3) is 0.467. The van der Waals surface area contributed by atoms with Gasteiger partial charge in [0.1, 0.15) is 13.2 Å². The zero-order chi connectivity index (χ0) is 15.2. The van der Waals surface area contributed by atoms with E-state index in [4.69, 9.17) is 14.7 Å². The van der Waals surface area contributed by atoms with Crippen molar-refractivity contribution in [2.75, 3.05) is 24.7 Å². The lowest BCUT2D eigenvalue weighted by Gasteiger charge is -2.26. The molecule has 1 aliphatic heterocycles. The van der Waals surface area contributed by atoms with Gasteiger partial charge in [-0.15, -0.1) is 0 Å². The zero-order valence-corrected chi connectivity index (χ0v) is 13.4. The third kappa shape index (κ3) is 3.67. The lowest BCUT2D eigenvalue weighted by atomic mass is 10.2. The fourth-order valence-electron chi connectivity index (χ4n) is 2.07. The second-order valence-electron chi connectivity index (χ2n) is 4.60. The summed E-state index contributed by atoms with van der Waals surface area (Å²) in [5.74, 6) is 1.27. The highest BCUT2D eigenvalue weighted by atomic mass is 79.9. The number of nitriles is 1. The summed E-state index contributed by atoms with van der Waals surface area (Å²) in [5, 5.41) is 8.79. The molecule has 0 bridgehead atoms. The van der Waals surface area contributed by atoms with Crippen molar-refractivity contribution >= 4 is 27.5 Å². The van der Waals surface area contributed by atoms with Gasteiger partial charge in [-0.05, 0) is 18.6 Å². The number of carbonyl (C=O) groups excluding carboxylic acids is 1. The highest BCUT2D eigenvalue weighted by Crippen LogP contribution is 2.34. The SMILES string of the molecule is CCC(Br)C(=O)N(CCC#N)c1ccc2c(c1)OCCO2. The largest absolute Gasteiger partial charge is 0.486 e. The molecule has 1 aromatic rings. The van der Waals surface area contributed by atoms with Gasteiger partial charge in [-0.2, -0.15) is 5.26 Å². The van der Waals surface area contributed by atoms with Gasteiger partial charge < -0.3 is 14.4 Å². The Hall–Kier alpha value is -1.74. The van der Waals surface area contributed by atoms with Crippen molar-refractivity contribution < 1.29 is 14.3 Å². The van der Waals surface area contributed by atoms with Crippen LogP contribution in [0.3, 0.4) is 0 Å². The van der Waals surface area contributed by atoms with E-state index < -0.39 is 0 Å². The number of fused-ring (bicyclic) bond motifs is 1. The maximum Gasteiger partial charge on any atom is 0.240 e. The summed E-state index contributed by atoms with van der Waals surface area (Å²) in [5.41, 5.74) is 0.720. The van der Waals surface area contributed by atoms with Gasteiger partial charge in [-0.1, -0.05) is 22.9 Å². The summed E-state index contributed by atoms with van der Waals surface area (Å²) in [6, 6.07) is 7.48. The molecule has 5 nitrogen and oxygen atoms in total. The number of ether oxygens (including phenoxy) is 2. The van der Waals surface area contributed by atoms with E-state index in [2.05, 4.69) is 22.0 Å². The normalized spacial score (nSPS) is 14.1. The highest BCUT2D eigenvalue weighted by molar-refractivity contribution is 9.10. The monoisotopic (exact) mass is 352 g/mol. The van der Waals surface area contributed by atoms with E-state index in [1.54, 1.807) is 17.0 Å². The Kier molecular flexibility index (Phi) is 5.45.